The number of imidazole rings is 1. The summed E-state index contributed by atoms with van der Waals surface area (Å²) >= 11 is 2.35. The monoisotopic (exact) mass is 554 g/mol. The van der Waals surface area contributed by atoms with Crippen molar-refractivity contribution in [2.75, 3.05) is 0 Å². The van der Waals surface area contributed by atoms with Crippen molar-refractivity contribution in [3.05, 3.63) is 94.3 Å². The summed E-state index contributed by atoms with van der Waals surface area (Å²) in [4.78, 5) is 14.7. The number of halogens is 1. The van der Waals surface area contributed by atoms with Gasteiger partial charge in [-0.25, -0.2) is 4.98 Å². The fourth-order valence-corrected chi connectivity index (χ4v) is 4.94. The van der Waals surface area contributed by atoms with E-state index in [0.717, 1.165) is 49.9 Å². The van der Waals surface area contributed by atoms with Crippen LogP contribution in [0.2, 0.25) is 0 Å². The third kappa shape index (κ3) is 3.38. The van der Waals surface area contributed by atoms with Crippen LogP contribution in [-0.4, -0.2) is 19.5 Å². The van der Waals surface area contributed by atoms with Gasteiger partial charge in [0.25, 0.3) is 0 Å². The van der Waals surface area contributed by atoms with Gasteiger partial charge in [0.2, 0.25) is 0 Å². The molecule has 0 radical (unpaired) electrons. The molecule has 0 aliphatic carbocycles. The van der Waals surface area contributed by atoms with Gasteiger partial charge in [0.1, 0.15) is 5.82 Å². The van der Waals surface area contributed by atoms with Gasteiger partial charge in [-0.05, 0) is 82.1 Å². The number of pyridine rings is 2. The maximum atomic E-state index is 5.25. The number of aromatic nitrogens is 4. The molecule has 0 saturated heterocycles. The summed E-state index contributed by atoms with van der Waals surface area (Å²) in [6.45, 7) is 6.71. The zero-order chi connectivity index (χ0) is 23.4. The molecule has 4 nitrogen and oxygen atoms in total. The maximum absolute atomic E-state index is 5.25. The van der Waals surface area contributed by atoms with E-state index in [9.17, 15) is 0 Å². The zero-order valence-corrected chi connectivity index (χ0v) is 21.4. The lowest BCUT2D eigenvalue weighted by atomic mass is 9.87. The highest BCUT2D eigenvalue weighted by molar-refractivity contribution is 14.1. The minimum Gasteiger partial charge on any atom is -0.292 e. The molecule has 5 heteroatoms. The molecule has 0 bridgehead atoms. The molecule has 6 rings (SSSR count). The first kappa shape index (κ1) is 21.2. The van der Waals surface area contributed by atoms with Gasteiger partial charge in [-0.1, -0.05) is 45.0 Å². The minimum absolute atomic E-state index is 0.0958. The largest absolute Gasteiger partial charge is 0.292 e. The Morgan fingerprint density at radius 2 is 1.32 bits per heavy atom. The van der Waals surface area contributed by atoms with Crippen molar-refractivity contribution in [2.45, 2.75) is 26.2 Å². The lowest BCUT2D eigenvalue weighted by molar-refractivity contribution is 0.590. The van der Waals surface area contributed by atoms with E-state index < -0.39 is 0 Å². The van der Waals surface area contributed by atoms with Gasteiger partial charge >= 0.3 is 0 Å². The molecule has 0 atom stereocenters. The molecule has 6 aromatic rings. The first-order chi connectivity index (χ1) is 16.4. The summed E-state index contributed by atoms with van der Waals surface area (Å²) < 4.78 is 3.47. The normalized spacial score (nSPS) is 12.1. The summed E-state index contributed by atoms with van der Waals surface area (Å²) in [5.74, 6) is 0.915. The summed E-state index contributed by atoms with van der Waals surface area (Å²) in [7, 11) is 0. The Morgan fingerprint density at radius 3 is 1.97 bits per heavy atom. The number of hydrogen-bond donors (Lipinski definition) is 0. The van der Waals surface area contributed by atoms with Crippen LogP contribution in [0.5, 0.6) is 0 Å². The number of rotatable bonds is 2. The SMILES string of the molecule is CC(C)(C)c1ccc(-c2nc3c4cccnc4c4ncccc4c3n2-c2ccc(I)cc2)cc1. The first-order valence-electron chi connectivity index (χ1n) is 11.3. The Balaban J connectivity index is 1.76. The smallest absolute Gasteiger partial charge is 0.145 e. The maximum Gasteiger partial charge on any atom is 0.145 e. The minimum atomic E-state index is 0.0958. The Kier molecular flexibility index (Phi) is 4.92. The van der Waals surface area contributed by atoms with E-state index in [4.69, 9.17) is 9.97 Å². The fourth-order valence-electron chi connectivity index (χ4n) is 4.58. The summed E-state index contributed by atoms with van der Waals surface area (Å²) in [6, 6.07) is 25.6. The van der Waals surface area contributed by atoms with Crippen LogP contribution in [0.4, 0.5) is 0 Å². The predicted octanol–water partition coefficient (Wildman–Crippen LogP) is 7.69. The van der Waals surface area contributed by atoms with E-state index in [0.29, 0.717) is 0 Å². The molecule has 0 unspecified atom stereocenters. The second-order valence-corrected chi connectivity index (χ2v) is 10.8. The van der Waals surface area contributed by atoms with Crippen molar-refractivity contribution in [3.8, 4) is 17.1 Å². The van der Waals surface area contributed by atoms with E-state index in [-0.39, 0.29) is 5.41 Å². The molecule has 0 saturated carbocycles. The van der Waals surface area contributed by atoms with Gasteiger partial charge in [-0.15, -0.1) is 0 Å². The van der Waals surface area contributed by atoms with E-state index in [1.165, 1.54) is 9.13 Å². The topological polar surface area (TPSA) is 43.6 Å². The highest BCUT2D eigenvalue weighted by atomic mass is 127. The molecular formula is C29H23IN4. The Labute approximate surface area is 211 Å². The average molecular weight is 554 g/mol. The lowest BCUT2D eigenvalue weighted by Gasteiger charge is -2.19. The van der Waals surface area contributed by atoms with E-state index in [2.05, 4.69) is 114 Å². The van der Waals surface area contributed by atoms with Gasteiger partial charge in [0.05, 0.1) is 22.1 Å². The molecule has 34 heavy (non-hydrogen) atoms. The Bertz CT molecular complexity index is 1670. The lowest BCUT2D eigenvalue weighted by Crippen LogP contribution is -2.10. The van der Waals surface area contributed by atoms with Gasteiger partial charge in [0.15, 0.2) is 0 Å². The number of nitrogens with zero attached hydrogens (tertiary/aromatic N) is 4. The molecule has 166 valence electrons. The second kappa shape index (κ2) is 7.87. The number of fused-ring (bicyclic) bond motifs is 6. The van der Waals surface area contributed by atoms with Crippen molar-refractivity contribution >= 4 is 55.4 Å². The quantitative estimate of drug-likeness (QED) is 0.163. The Hall–Kier alpha value is -3.32. The van der Waals surface area contributed by atoms with Crippen molar-refractivity contribution in [3.63, 3.8) is 0 Å². The van der Waals surface area contributed by atoms with Crippen LogP contribution in [0.25, 0.3) is 49.9 Å². The van der Waals surface area contributed by atoms with Crippen LogP contribution in [0.3, 0.4) is 0 Å². The zero-order valence-electron chi connectivity index (χ0n) is 19.2. The predicted molar refractivity (Wildman–Crippen MR) is 149 cm³/mol. The third-order valence-corrected chi connectivity index (χ3v) is 7.04. The Morgan fingerprint density at radius 1 is 0.706 bits per heavy atom. The number of hydrogen-bond acceptors (Lipinski definition) is 3. The van der Waals surface area contributed by atoms with Crippen LogP contribution in [0, 0.1) is 3.57 Å². The second-order valence-electron chi connectivity index (χ2n) is 9.57. The molecule has 0 aliphatic rings. The van der Waals surface area contributed by atoms with Crippen LogP contribution in [0.15, 0.2) is 85.2 Å². The van der Waals surface area contributed by atoms with Crippen LogP contribution < -0.4 is 0 Å². The summed E-state index contributed by atoms with van der Waals surface area (Å²) in [5, 5.41) is 2.06. The highest BCUT2D eigenvalue weighted by Gasteiger charge is 2.21. The third-order valence-electron chi connectivity index (χ3n) is 6.32. The molecule has 0 N–H and O–H groups in total. The fraction of sp³-hybridized carbons (Fsp3) is 0.138. The van der Waals surface area contributed by atoms with Crippen LogP contribution in [0.1, 0.15) is 26.3 Å². The molecule has 0 aliphatic heterocycles. The van der Waals surface area contributed by atoms with Crippen molar-refractivity contribution in [2.24, 2.45) is 0 Å². The van der Waals surface area contributed by atoms with E-state index >= 15 is 0 Å². The van der Waals surface area contributed by atoms with E-state index in [1.807, 2.05) is 24.5 Å². The molecule has 3 aromatic heterocycles. The highest BCUT2D eigenvalue weighted by Crippen LogP contribution is 2.38. The summed E-state index contributed by atoms with van der Waals surface area (Å²) in [6.07, 6.45) is 3.66. The van der Waals surface area contributed by atoms with Gasteiger partial charge < -0.3 is 0 Å². The molecule has 3 aromatic carbocycles. The van der Waals surface area contributed by atoms with E-state index in [1.54, 1.807) is 0 Å². The molecule has 3 heterocycles. The van der Waals surface area contributed by atoms with Crippen molar-refractivity contribution in [1.82, 2.24) is 19.5 Å². The van der Waals surface area contributed by atoms with Gasteiger partial charge in [0, 0.05) is 38.0 Å². The van der Waals surface area contributed by atoms with Crippen LogP contribution in [-0.2, 0) is 5.41 Å². The van der Waals surface area contributed by atoms with Crippen molar-refractivity contribution in [1.29, 1.82) is 0 Å². The van der Waals surface area contributed by atoms with Crippen molar-refractivity contribution < 1.29 is 0 Å². The molecular weight excluding hydrogens is 531 g/mol. The molecule has 0 spiro atoms. The first-order valence-corrected chi connectivity index (χ1v) is 12.4. The standard InChI is InChI=1S/C29H23IN4/c1-29(2,3)19-10-8-18(9-11-19)28-33-26-22-6-4-16-31-24(22)25-23(7-5-17-32-25)27(26)34(28)21-14-12-20(30)13-15-21/h4-17H,1-3H3. The van der Waals surface area contributed by atoms with Gasteiger partial charge in [-0.3, -0.25) is 14.5 Å². The van der Waals surface area contributed by atoms with Crippen LogP contribution >= 0.6 is 22.6 Å². The average Bonchev–Trinajstić information content (AvgIpc) is 3.25. The molecule has 0 fully saturated rings. The van der Waals surface area contributed by atoms with Gasteiger partial charge in [-0.2, -0.15) is 0 Å². The molecule has 0 amide bonds. The number of benzene rings is 3. The summed E-state index contributed by atoms with van der Waals surface area (Å²) in [5.41, 5.74) is 7.33.